The monoisotopic (exact) mass is 243 g/mol. The highest BCUT2D eigenvalue weighted by atomic mass is 32.2. The summed E-state index contributed by atoms with van der Waals surface area (Å²) in [6, 6.07) is 12.1. The van der Waals surface area contributed by atoms with Gasteiger partial charge in [-0.05, 0) is 17.9 Å². The molecular weight excluding hydrogens is 230 g/mol. The van der Waals surface area contributed by atoms with Crippen LogP contribution < -0.4 is 0 Å². The van der Waals surface area contributed by atoms with Crippen molar-refractivity contribution in [2.24, 2.45) is 0 Å². The number of benzene rings is 1. The Morgan fingerprint density at radius 2 is 1.88 bits per heavy atom. The van der Waals surface area contributed by atoms with E-state index in [4.69, 9.17) is 4.52 Å². The molecule has 0 aliphatic carbocycles. The lowest BCUT2D eigenvalue weighted by Gasteiger charge is -1.88. The van der Waals surface area contributed by atoms with Crippen molar-refractivity contribution >= 4 is 23.9 Å². The molecule has 1 aromatic carbocycles. The molecule has 0 fully saturated rings. The second-order valence-electron chi connectivity index (χ2n) is 3.40. The maximum Gasteiger partial charge on any atom is 0.193 e. The second kappa shape index (κ2) is 6.11. The molecule has 3 heteroatoms. The number of allylic oxidation sites excluding steroid dienone is 2. The third kappa shape index (κ3) is 3.64. The van der Waals surface area contributed by atoms with E-state index < -0.39 is 0 Å². The van der Waals surface area contributed by atoms with E-state index in [1.54, 1.807) is 11.8 Å². The van der Waals surface area contributed by atoms with E-state index >= 15 is 0 Å². The molecule has 17 heavy (non-hydrogen) atoms. The molecule has 0 atom stereocenters. The fourth-order valence-corrected chi connectivity index (χ4v) is 1.68. The molecule has 2 rings (SSSR count). The second-order valence-corrected chi connectivity index (χ2v) is 4.21. The van der Waals surface area contributed by atoms with E-state index in [2.05, 4.69) is 17.3 Å². The quantitative estimate of drug-likeness (QED) is 0.596. The summed E-state index contributed by atoms with van der Waals surface area (Å²) >= 11 is 1.54. The van der Waals surface area contributed by atoms with Crippen LogP contribution in [-0.2, 0) is 0 Å². The minimum atomic E-state index is 0.830. The van der Waals surface area contributed by atoms with Crippen molar-refractivity contribution in [2.75, 3.05) is 6.26 Å². The summed E-state index contributed by atoms with van der Waals surface area (Å²) in [5.41, 5.74) is 2.02. The zero-order chi connectivity index (χ0) is 11.9. The van der Waals surface area contributed by atoms with Crippen molar-refractivity contribution in [3.05, 3.63) is 59.8 Å². The van der Waals surface area contributed by atoms with E-state index in [0.29, 0.717) is 0 Å². The largest absolute Gasteiger partial charge is 0.349 e. The van der Waals surface area contributed by atoms with Gasteiger partial charge in [-0.1, -0.05) is 65.5 Å². The van der Waals surface area contributed by atoms with Gasteiger partial charge in [-0.2, -0.15) is 0 Å². The van der Waals surface area contributed by atoms with Crippen LogP contribution >= 0.6 is 11.8 Å². The standard InChI is InChI=1S/C14H13NOS/c1-17-14-11-13(15-16-14)10-6-5-9-12-7-3-2-4-8-12/h2-11H,1H3/b9-5+,10-6+. The van der Waals surface area contributed by atoms with Crippen LogP contribution in [0.1, 0.15) is 11.3 Å². The zero-order valence-electron chi connectivity index (χ0n) is 9.54. The Morgan fingerprint density at radius 1 is 1.12 bits per heavy atom. The molecule has 86 valence electrons. The number of hydrogen-bond acceptors (Lipinski definition) is 3. The Morgan fingerprint density at radius 3 is 2.59 bits per heavy atom. The molecule has 0 aliphatic rings. The topological polar surface area (TPSA) is 26.0 Å². The van der Waals surface area contributed by atoms with Gasteiger partial charge in [0.15, 0.2) is 5.09 Å². The summed E-state index contributed by atoms with van der Waals surface area (Å²) in [6.45, 7) is 0. The maximum atomic E-state index is 5.07. The first-order chi connectivity index (χ1) is 8.38. The number of aromatic nitrogens is 1. The Hall–Kier alpha value is -1.74. The molecule has 2 nitrogen and oxygen atoms in total. The summed E-state index contributed by atoms with van der Waals surface area (Å²) in [7, 11) is 0. The van der Waals surface area contributed by atoms with Gasteiger partial charge in [0.1, 0.15) is 5.69 Å². The van der Waals surface area contributed by atoms with Crippen LogP contribution in [0.5, 0.6) is 0 Å². The normalized spacial score (nSPS) is 11.6. The van der Waals surface area contributed by atoms with Crippen molar-refractivity contribution in [3.63, 3.8) is 0 Å². The number of hydrogen-bond donors (Lipinski definition) is 0. The summed E-state index contributed by atoms with van der Waals surface area (Å²) in [4.78, 5) is 0. The Kier molecular flexibility index (Phi) is 4.22. The SMILES string of the molecule is CSc1cc(/C=C/C=C/c2ccccc2)no1. The van der Waals surface area contributed by atoms with Crippen LogP contribution in [0.2, 0.25) is 0 Å². The highest BCUT2D eigenvalue weighted by molar-refractivity contribution is 7.98. The average Bonchev–Trinajstić information content (AvgIpc) is 2.84. The molecule has 0 unspecified atom stereocenters. The minimum absolute atomic E-state index is 0.830. The third-order valence-electron chi connectivity index (χ3n) is 2.17. The van der Waals surface area contributed by atoms with Crippen molar-refractivity contribution in [2.45, 2.75) is 5.09 Å². The molecule has 1 heterocycles. The van der Waals surface area contributed by atoms with Gasteiger partial charge in [0.25, 0.3) is 0 Å². The summed E-state index contributed by atoms with van der Waals surface area (Å²) < 4.78 is 5.07. The number of thioether (sulfide) groups is 1. The van der Waals surface area contributed by atoms with E-state index in [1.165, 1.54) is 5.56 Å². The molecule has 1 aromatic heterocycles. The first-order valence-corrected chi connectivity index (χ1v) is 6.51. The molecule has 0 saturated heterocycles. The van der Waals surface area contributed by atoms with Crippen molar-refractivity contribution in [1.82, 2.24) is 5.16 Å². The lowest BCUT2D eigenvalue weighted by atomic mass is 10.2. The van der Waals surface area contributed by atoms with Gasteiger partial charge >= 0.3 is 0 Å². The van der Waals surface area contributed by atoms with Crippen molar-refractivity contribution in [1.29, 1.82) is 0 Å². The van der Waals surface area contributed by atoms with Crippen LogP contribution in [0.25, 0.3) is 12.2 Å². The highest BCUT2D eigenvalue weighted by Crippen LogP contribution is 2.15. The Labute approximate surface area is 105 Å². The van der Waals surface area contributed by atoms with Crippen molar-refractivity contribution < 1.29 is 4.52 Å². The van der Waals surface area contributed by atoms with Crippen molar-refractivity contribution in [3.8, 4) is 0 Å². The third-order valence-corrected chi connectivity index (χ3v) is 2.77. The van der Waals surface area contributed by atoms with Gasteiger partial charge in [-0.3, -0.25) is 0 Å². The lowest BCUT2D eigenvalue weighted by molar-refractivity contribution is 0.349. The molecule has 0 saturated carbocycles. The molecule has 0 radical (unpaired) electrons. The van der Waals surface area contributed by atoms with Gasteiger partial charge in [0.2, 0.25) is 0 Å². The van der Waals surface area contributed by atoms with Gasteiger partial charge in [0.05, 0.1) is 0 Å². The van der Waals surface area contributed by atoms with Crippen LogP contribution in [0.3, 0.4) is 0 Å². The fraction of sp³-hybridized carbons (Fsp3) is 0.0714. The molecule has 0 N–H and O–H groups in total. The number of rotatable bonds is 4. The molecule has 2 aromatic rings. The van der Waals surface area contributed by atoms with E-state index in [1.807, 2.05) is 54.8 Å². The summed E-state index contributed by atoms with van der Waals surface area (Å²) in [6.07, 6.45) is 9.87. The Bertz CT molecular complexity index is 514. The molecular formula is C14H13NOS. The fourth-order valence-electron chi connectivity index (χ4n) is 1.33. The highest BCUT2D eigenvalue weighted by Gasteiger charge is 1.97. The summed E-state index contributed by atoms with van der Waals surface area (Å²) in [5.74, 6) is 0. The van der Waals surface area contributed by atoms with Crippen LogP contribution in [-0.4, -0.2) is 11.4 Å². The van der Waals surface area contributed by atoms with Gasteiger partial charge < -0.3 is 4.52 Å². The molecule has 0 spiro atoms. The first kappa shape index (κ1) is 11.7. The van der Waals surface area contributed by atoms with Gasteiger partial charge in [-0.25, -0.2) is 0 Å². The number of nitrogens with zero attached hydrogens (tertiary/aromatic N) is 1. The summed E-state index contributed by atoms with van der Waals surface area (Å²) in [5, 5.41) is 4.75. The lowest BCUT2D eigenvalue weighted by Crippen LogP contribution is -1.68. The predicted molar refractivity (Wildman–Crippen MR) is 72.8 cm³/mol. The van der Waals surface area contributed by atoms with Gasteiger partial charge in [-0.15, -0.1) is 0 Å². The minimum Gasteiger partial charge on any atom is -0.349 e. The molecule has 0 bridgehead atoms. The van der Waals surface area contributed by atoms with Crippen LogP contribution in [0, 0.1) is 0 Å². The molecule has 0 aliphatic heterocycles. The van der Waals surface area contributed by atoms with E-state index in [9.17, 15) is 0 Å². The molecule has 0 amide bonds. The first-order valence-electron chi connectivity index (χ1n) is 5.29. The van der Waals surface area contributed by atoms with Crippen LogP contribution in [0.15, 0.2) is 58.2 Å². The maximum absolute atomic E-state index is 5.07. The average molecular weight is 243 g/mol. The van der Waals surface area contributed by atoms with Gasteiger partial charge in [0, 0.05) is 6.07 Å². The zero-order valence-corrected chi connectivity index (χ0v) is 10.4. The van der Waals surface area contributed by atoms with E-state index in [-0.39, 0.29) is 0 Å². The predicted octanol–water partition coefficient (Wildman–Crippen LogP) is 4.12. The van der Waals surface area contributed by atoms with Crippen LogP contribution in [0.4, 0.5) is 0 Å². The smallest absolute Gasteiger partial charge is 0.193 e. The van der Waals surface area contributed by atoms with E-state index in [0.717, 1.165) is 10.8 Å². The Balaban J connectivity index is 1.95.